The molecule has 0 amide bonds. The second-order valence-electron chi connectivity index (χ2n) is 5.54. The molecule has 0 heterocycles. The van der Waals surface area contributed by atoms with Gasteiger partial charge in [0.05, 0.1) is 6.61 Å². The van der Waals surface area contributed by atoms with E-state index in [0.29, 0.717) is 0 Å². The molecule has 0 saturated carbocycles. The van der Waals surface area contributed by atoms with Crippen LogP contribution in [0, 0.1) is 12.3 Å². The summed E-state index contributed by atoms with van der Waals surface area (Å²) in [6, 6.07) is 6.11. The van der Waals surface area contributed by atoms with Crippen molar-refractivity contribution in [3.05, 3.63) is 28.2 Å². The first kappa shape index (κ1) is 15.5. The summed E-state index contributed by atoms with van der Waals surface area (Å²) in [5, 5.41) is 3.44. The first-order valence-electron chi connectivity index (χ1n) is 6.54. The Bertz CT molecular complexity index is 377. The smallest absolute Gasteiger partial charge is 0.119 e. The maximum absolute atomic E-state index is 5.88. The van der Waals surface area contributed by atoms with Gasteiger partial charge in [0.15, 0.2) is 0 Å². The SMILES string of the molecule is CCCNCC(C)(C)COc1ccc(Br)c(C)c1. The van der Waals surface area contributed by atoms with Crippen molar-refractivity contribution in [2.45, 2.75) is 34.1 Å². The molecule has 0 aliphatic carbocycles. The normalized spacial score (nSPS) is 11.6. The molecule has 1 aromatic rings. The van der Waals surface area contributed by atoms with Crippen LogP contribution in [0.4, 0.5) is 0 Å². The van der Waals surface area contributed by atoms with Crippen LogP contribution in [-0.2, 0) is 0 Å². The molecule has 1 aromatic carbocycles. The summed E-state index contributed by atoms with van der Waals surface area (Å²) in [4.78, 5) is 0. The third-order valence-corrected chi connectivity index (χ3v) is 3.68. The molecular formula is C15H24BrNO. The number of hydrogen-bond donors (Lipinski definition) is 1. The lowest BCUT2D eigenvalue weighted by Crippen LogP contribution is -2.34. The summed E-state index contributed by atoms with van der Waals surface area (Å²) in [7, 11) is 0. The highest BCUT2D eigenvalue weighted by Gasteiger charge is 2.18. The van der Waals surface area contributed by atoms with E-state index in [4.69, 9.17) is 4.74 Å². The van der Waals surface area contributed by atoms with Crippen LogP contribution in [-0.4, -0.2) is 19.7 Å². The van der Waals surface area contributed by atoms with Crippen molar-refractivity contribution in [3.8, 4) is 5.75 Å². The predicted molar refractivity (Wildman–Crippen MR) is 81.3 cm³/mol. The van der Waals surface area contributed by atoms with Crippen molar-refractivity contribution in [2.75, 3.05) is 19.7 Å². The standard InChI is InChI=1S/C15H24BrNO/c1-5-8-17-10-15(3,4)11-18-13-6-7-14(16)12(2)9-13/h6-7,9,17H,5,8,10-11H2,1-4H3. The molecule has 18 heavy (non-hydrogen) atoms. The Morgan fingerprint density at radius 1 is 1.33 bits per heavy atom. The lowest BCUT2D eigenvalue weighted by atomic mass is 9.95. The van der Waals surface area contributed by atoms with Crippen molar-refractivity contribution >= 4 is 15.9 Å². The molecular weight excluding hydrogens is 290 g/mol. The second-order valence-corrected chi connectivity index (χ2v) is 6.39. The number of benzene rings is 1. The van der Waals surface area contributed by atoms with Crippen LogP contribution < -0.4 is 10.1 Å². The predicted octanol–water partition coefficient (Wildman–Crippen LogP) is 4.16. The minimum atomic E-state index is 0.149. The Hall–Kier alpha value is -0.540. The van der Waals surface area contributed by atoms with E-state index in [1.54, 1.807) is 0 Å². The Balaban J connectivity index is 2.45. The fraction of sp³-hybridized carbons (Fsp3) is 0.600. The lowest BCUT2D eigenvalue weighted by Gasteiger charge is -2.25. The van der Waals surface area contributed by atoms with Crippen LogP contribution in [0.15, 0.2) is 22.7 Å². The average Bonchev–Trinajstić information content (AvgIpc) is 2.31. The third-order valence-electron chi connectivity index (χ3n) is 2.79. The molecule has 0 aromatic heterocycles. The maximum atomic E-state index is 5.88. The van der Waals surface area contributed by atoms with Gasteiger partial charge >= 0.3 is 0 Å². The van der Waals surface area contributed by atoms with Crippen LogP contribution in [0.2, 0.25) is 0 Å². The van der Waals surface area contributed by atoms with Gasteiger partial charge < -0.3 is 10.1 Å². The van der Waals surface area contributed by atoms with E-state index < -0.39 is 0 Å². The molecule has 0 unspecified atom stereocenters. The zero-order valence-electron chi connectivity index (χ0n) is 11.8. The van der Waals surface area contributed by atoms with Crippen LogP contribution in [0.1, 0.15) is 32.8 Å². The number of ether oxygens (including phenoxy) is 1. The van der Waals surface area contributed by atoms with E-state index in [1.807, 2.05) is 12.1 Å². The number of nitrogens with one attached hydrogen (secondary N) is 1. The first-order chi connectivity index (χ1) is 8.44. The minimum Gasteiger partial charge on any atom is -0.493 e. The van der Waals surface area contributed by atoms with E-state index in [2.05, 4.69) is 55.0 Å². The van der Waals surface area contributed by atoms with E-state index in [0.717, 1.165) is 29.9 Å². The van der Waals surface area contributed by atoms with Gasteiger partial charge in [0, 0.05) is 16.4 Å². The van der Waals surface area contributed by atoms with E-state index in [9.17, 15) is 0 Å². The molecule has 0 fully saturated rings. The molecule has 0 atom stereocenters. The molecule has 0 aliphatic heterocycles. The average molecular weight is 314 g/mol. The topological polar surface area (TPSA) is 21.3 Å². The first-order valence-corrected chi connectivity index (χ1v) is 7.33. The molecule has 0 bridgehead atoms. The molecule has 0 aliphatic rings. The van der Waals surface area contributed by atoms with Gasteiger partial charge in [-0.1, -0.05) is 36.7 Å². The summed E-state index contributed by atoms with van der Waals surface area (Å²) in [6.45, 7) is 11.5. The van der Waals surface area contributed by atoms with Gasteiger partial charge in [-0.3, -0.25) is 0 Å². The number of rotatable bonds is 7. The van der Waals surface area contributed by atoms with E-state index >= 15 is 0 Å². The monoisotopic (exact) mass is 313 g/mol. The highest BCUT2D eigenvalue weighted by molar-refractivity contribution is 9.10. The second kappa shape index (κ2) is 7.15. The molecule has 0 radical (unpaired) electrons. The molecule has 0 saturated heterocycles. The summed E-state index contributed by atoms with van der Waals surface area (Å²) >= 11 is 3.50. The Kier molecular flexibility index (Phi) is 6.16. The fourth-order valence-corrected chi connectivity index (χ4v) is 1.89. The van der Waals surface area contributed by atoms with Gasteiger partial charge in [-0.25, -0.2) is 0 Å². The quantitative estimate of drug-likeness (QED) is 0.763. The summed E-state index contributed by atoms with van der Waals surface area (Å²) in [5.74, 6) is 0.944. The molecule has 1 N–H and O–H groups in total. The van der Waals surface area contributed by atoms with Gasteiger partial charge in [-0.2, -0.15) is 0 Å². The highest BCUT2D eigenvalue weighted by atomic mass is 79.9. The van der Waals surface area contributed by atoms with E-state index in [-0.39, 0.29) is 5.41 Å². The number of hydrogen-bond acceptors (Lipinski definition) is 2. The van der Waals surface area contributed by atoms with Gasteiger partial charge in [0.25, 0.3) is 0 Å². The highest BCUT2D eigenvalue weighted by Crippen LogP contribution is 2.23. The molecule has 102 valence electrons. The van der Waals surface area contributed by atoms with Crippen LogP contribution in [0.3, 0.4) is 0 Å². The zero-order valence-corrected chi connectivity index (χ0v) is 13.4. The third kappa shape index (κ3) is 5.40. The Morgan fingerprint density at radius 3 is 2.67 bits per heavy atom. The largest absolute Gasteiger partial charge is 0.493 e. The summed E-state index contributed by atoms with van der Waals surface area (Å²) < 4.78 is 7.00. The van der Waals surface area contributed by atoms with Crippen molar-refractivity contribution in [2.24, 2.45) is 5.41 Å². The zero-order chi connectivity index (χ0) is 13.6. The van der Waals surface area contributed by atoms with Crippen LogP contribution in [0.25, 0.3) is 0 Å². The molecule has 3 heteroatoms. The lowest BCUT2D eigenvalue weighted by molar-refractivity contribution is 0.176. The Morgan fingerprint density at radius 2 is 2.06 bits per heavy atom. The van der Waals surface area contributed by atoms with Crippen molar-refractivity contribution < 1.29 is 4.74 Å². The van der Waals surface area contributed by atoms with Gasteiger partial charge in [0.1, 0.15) is 5.75 Å². The maximum Gasteiger partial charge on any atom is 0.119 e. The van der Waals surface area contributed by atoms with Crippen molar-refractivity contribution in [3.63, 3.8) is 0 Å². The van der Waals surface area contributed by atoms with E-state index in [1.165, 1.54) is 12.0 Å². The van der Waals surface area contributed by atoms with Gasteiger partial charge in [0.2, 0.25) is 0 Å². The van der Waals surface area contributed by atoms with Crippen molar-refractivity contribution in [1.29, 1.82) is 0 Å². The molecule has 0 spiro atoms. The van der Waals surface area contributed by atoms with Gasteiger partial charge in [-0.05, 0) is 43.7 Å². The van der Waals surface area contributed by atoms with Gasteiger partial charge in [-0.15, -0.1) is 0 Å². The van der Waals surface area contributed by atoms with Crippen LogP contribution in [0.5, 0.6) is 5.75 Å². The fourth-order valence-electron chi connectivity index (χ4n) is 1.64. The minimum absolute atomic E-state index is 0.149. The molecule has 2 nitrogen and oxygen atoms in total. The Labute approximate surface area is 119 Å². The molecule has 1 rings (SSSR count). The van der Waals surface area contributed by atoms with Crippen molar-refractivity contribution in [1.82, 2.24) is 5.32 Å². The summed E-state index contributed by atoms with van der Waals surface area (Å²) in [5.41, 5.74) is 1.35. The van der Waals surface area contributed by atoms with Crippen LogP contribution >= 0.6 is 15.9 Å². The summed E-state index contributed by atoms with van der Waals surface area (Å²) in [6.07, 6.45) is 1.17. The number of halogens is 1. The number of aryl methyl sites for hydroxylation is 1.